The molecule has 4 aromatic carbocycles. The fourth-order valence-electron chi connectivity index (χ4n) is 9.55. The third kappa shape index (κ3) is 26.6. The minimum atomic E-state index is -0.553. The first-order valence-electron chi connectivity index (χ1n) is 33.5. The van der Waals surface area contributed by atoms with Gasteiger partial charge in [-0.15, -0.1) is 0 Å². The second kappa shape index (κ2) is 40.0. The van der Waals surface area contributed by atoms with Gasteiger partial charge in [0.1, 0.15) is 53.4 Å². The van der Waals surface area contributed by atoms with Crippen LogP contribution in [0, 0.1) is 36.0 Å². The first-order chi connectivity index (χ1) is 49.4. The number of benzene rings is 4. The molecule has 1 aromatic heterocycles. The maximum atomic E-state index is 12.0. The quantitative estimate of drug-likeness (QED) is 0.00929. The lowest BCUT2D eigenvalue weighted by Crippen LogP contribution is -2.33. The Kier molecular flexibility index (Phi) is 31.2. The number of aryl methyl sites for hydroxylation is 1. The third-order valence-corrected chi connectivity index (χ3v) is 16.7. The summed E-state index contributed by atoms with van der Waals surface area (Å²) in [4.78, 5) is 133. The number of amides is 4. The van der Waals surface area contributed by atoms with Gasteiger partial charge in [-0.3, -0.25) is 43.8 Å². The minimum absolute atomic E-state index is 0.0143. The van der Waals surface area contributed by atoms with Gasteiger partial charge < -0.3 is 72.4 Å². The van der Waals surface area contributed by atoms with Gasteiger partial charge in [0, 0.05) is 112 Å². The van der Waals surface area contributed by atoms with Gasteiger partial charge in [-0.05, 0) is 49.9 Å². The van der Waals surface area contributed by atoms with E-state index in [1.807, 2.05) is 36.4 Å². The number of oxime groups is 6. The van der Waals surface area contributed by atoms with Crippen molar-refractivity contribution in [1.29, 1.82) is 5.41 Å². The number of hydrogen-bond donors (Lipinski definition) is 9. The summed E-state index contributed by atoms with van der Waals surface area (Å²) < 4.78 is 4.99. The number of nitrogens with zero attached hydrogens (tertiary/aromatic N) is 8. The Hall–Kier alpha value is -11.9. The van der Waals surface area contributed by atoms with Crippen LogP contribution in [0.4, 0.5) is 0 Å². The minimum Gasteiger partial charge on any atom is -0.409 e. The van der Waals surface area contributed by atoms with E-state index in [2.05, 4.69) is 67.2 Å². The Labute approximate surface area is 600 Å². The van der Waals surface area contributed by atoms with Gasteiger partial charge in [0.05, 0.1) is 48.5 Å². The van der Waals surface area contributed by atoms with E-state index in [0.717, 1.165) is 50.7 Å². The summed E-state index contributed by atoms with van der Waals surface area (Å²) in [6, 6.07) is 28.9. The molecule has 0 saturated carbocycles. The average molecular weight is 1440 g/mol. The van der Waals surface area contributed by atoms with Crippen LogP contribution in [-0.2, 0) is 67.3 Å². The van der Waals surface area contributed by atoms with Crippen LogP contribution in [0.25, 0.3) is 11.4 Å². The zero-order valence-corrected chi connectivity index (χ0v) is 59.7. The van der Waals surface area contributed by atoms with E-state index >= 15 is 0 Å². The van der Waals surface area contributed by atoms with Gasteiger partial charge in [-0.2, -0.15) is 4.98 Å². The molecule has 12 N–H and O–H groups in total. The predicted octanol–water partition coefficient (Wildman–Crippen LogP) is 5.56. The van der Waals surface area contributed by atoms with Crippen LogP contribution in [0.3, 0.4) is 0 Å². The van der Waals surface area contributed by atoms with Crippen molar-refractivity contribution in [2.75, 3.05) is 26.2 Å². The number of hydrogen-bond acceptors (Lipinski definition) is 25. The molecule has 8 atom stereocenters. The molecular weight excluding hydrogens is 1340 g/mol. The summed E-state index contributed by atoms with van der Waals surface area (Å²) in [6.45, 7) is 17.4. The van der Waals surface area contributed by atoms with Crippen LogP contribution >= 0.6 is 0 Å². The largest absolute Gasteiger partial charge is 0.409 e. The van der Waals surface area contributed by atoms with Crippen molar-refractivity contribution in [2.24, 2.45) is 71.8 Å². The standard InChI is InChI=1S/C19H24N4O5.C19H22N4O4.C17H22N4O4.C17H22N4O3/c1-11(12(2)24)10-21-18(26)9-16-8-17(22-28-16)14-4-6-15(7-5-14)19(20)23-27-13(3)25;1-11(12(2)24)10-20-18(25)9-16-8-17(22-27-16)14-4-6-15(7-5-14)19-21-13(3)26-23-19;1-10(11(2)22)9-19-16(23)8-14-7-15(21-25-14)12-3-5-13(6-4-12)17(18)20-24;1-10(11(2)22)9-20-16(23)8-14-7-15(21-24-14)12-3-5-13(6-4-12)17(18)19/h4-7,11,16H,8-10H2,1-3H3,(H2,20,23)(H,21,26);4-7,11,16H,8-10H2,1-3H3,(H,20,25);3-6,10,14,24H,7-9H2,1-2H3,(H2,18,20)(H,19,23);3-6,10,14H,7-9H2,1-2H3,(H3,18,19)(H,20,23). The molecule has 0 bridgehead atoms. The molecule has 0 aliphatic carbocycles. The van der Waals surface area contributed by atoms with Crippen LogP contribution in [-0.4, -0.2) is 159 Å². The number of carbonyl (C=O) groups is 9. The van der Waals surface area contributed by atoms with Gasteiger partial charge in [0.25, 0.3) is 0 Å². The number of nitrogens with one attached hydrogen (secondary N) is 5. The van der Waals surface area contributed by atoms with Crippen molar-refractivity contribution < 1.29 is 77.1 Å². The molecule has 554 valence electrons. The molecule has 0 spiro atoms. The second-order valence-corrected chi connectivity index (χ2v) is 25.4. The van der Waals surface area contributed by atoms with Gasteiger partial charge in [-0.25, -0.2) is 4.79 Å². The molecule has 4 aliphatic rings. The van der Waals surface area contributed by atoms with E-state index in [9.17, 15) is 43.2 Å². The molecule has 5 aromatic rings. The lowest BCUT2D eigenvalue weighted by atomic mass is 10.0. The smallest absolute Gasteiger partial charge is 0.332 e. The maximum Gasteiger partial charge on any atom is 0.332 e. The maximum absolute atomic E-state index is 12.0. The summed E-state index contributed by atoms with van der Waals surface area (Å²) in [5.74, 6) is -0.636. The third-order valence-electron chi connectivity index (χ3n) is 16.7. The van der Waals surface area contributed by atoms with Crippen molar-refractivity contribution in [3.8, 4) is 11.4 Å². The Bertz CT molecular complexity index is 4060. The highest BCUT2D eigenvalue weighted by Crippen LogP contribution is 2.25. The number of carbonyl (C=O) groups excluding carboxylic acids is 9. The van der Waals surface area contributed by atoms with Crippen LogP contribution in [0.1, 0.15) is 159 Å². The first-order valence-corrected chi connectivity index (χ1v) is 33.5. The summed E-state index contributed by atoms with van der Waals surface area (Å²) in [6.07, 6.45) is 1.56. The van der Waals surface area contributed by atoms with E-state index in [1.54, 1.807) is 95.3 Å². The number of ketones is 4. The molecule has 0 radical (unpaired) electrons. The fourth-order valence-corrected chi connectivity index (χ4v) is 9.55. The zero-order chi connectivity index (χ0) is 76.2. The van der Waals surface area contributed by atoms with E-state index in [0.29, 0.717) is 80.3 Å². The highest BCUT2D eigenvalue weighted by atomic mass is 16.7. The Morgan fingerprint density at radius 3 is 1.01 bits per heavy atom. The normalized spacial score (nSPS) is 17.6. The highest BCUT2D eigenvalue weighted by Gasteiger charge is 2.30. The Morgan fingerprint density at radius 1 is 0.471 bits per heavy atom. The lowest BCUT2D eigenvalue weighted by molar-refractivity contribution is -0.141. The molecule has 9 rings (SSSR count). The number of aromatic nitrogens is 2. The highest BCUT2D eigenvalue weighted by molar-refractivity contribution is 6.06. The molecular formula is C72H90N16O16. The van der Waals surface area contributed by atoms with Crippen molar-refractivity contribution >= 4 is 93.1 Å². The zero-order valence-electron chi connectivity index (χ0n) is 59.7. The fraction of sp³-hybridized carbons (Fsp3) is 0.417. The van der Waals surface area contributed by atoms with E-state index in [1.165, 1.54) is 34.6 Å². The van der Waals surface area contributed by atoms with Crippen LogP contribution in [0.5, 0.6) is 0 Å². The molecule has 0 saturated heterocycles. The molecule has 32 nitrogen and oxygen atoms in total. The summed E-state index contributed by atoms with van der Waals surface area (Å²) in [5.41, 5.74) is 25.9. The topological polar surface area (TPSA) is 483 Å². The average Bonchev–Trinajstić information content (AvgIpc) is 1.69. The first kappa shape index (κ1) is 81.1. The SMILES string of the molecule is CC(=O)C(C)CNC(=O)CC1CC(c2ccc(-c3noc(C)n3)cc2)=NO1.CC(=O)C(C)CNC(=O)CC1CC(c2ccc(/C(N)=N\O)cc2)=NO1.CC(=O)C(C)CNC(=O)CC1CC(c2ccc(C(=N)N)cc2)=NO1.CC(=O)O/N=C(/N)c1ccc(C2=NOC(CC(=O)NCC(C)C(C)=O)C2)cc1. The van der Waals surface area contributed by atoms with Crippen LogP contribution in [0.15, 0.2) is 133 Å². The van der Waals surface area contributed by atoms with Gasteiger partial charge in [-0.1, -0.05) is 161 Å². The van der Waals surface area contributed by atoms with Crippen LogP contribution in [0.2, 0.25) is 0 Å². The number of rotatable bonds is 29. The van der Waals surface area contributed by atoms with E-state index < -0.39 is 5.97 Å². The van der Waals surface area contributed by atoms with Crippen molar-refractivity contribution in [1.82, 2.24) is 31.4 Å². The van der Waals surface area contributed by atoms with Gasteiger partial charge >= 0.3 is 5.97 Å². The predicted molar refractivity (Wildman–Crippen MR) is 384 cm³/mol. The molecule has 5 heterocycles. The second-order valence-electron chi connectivity index (χ2n) is 25.4. The molecule has 0 fully saturated rings. The number of Topliss-reactive ketones (excluding diaryl/α,β-unsaturated/α-hetero) is 4. The lowest BCUT2D eigenvalue weighted by Gasteiger charge is -2.11. The van der Waals surface area contributed by atoms with Gasteiger partial charge in [0.15, 0.2) is 11.7 Å². The van der Waals surface area contributed by atoms with E-state index in [-0.39, 0.29) is 138 Å². The summed E-state index contributed by atoms with van der Waals surface area (Å²) >= 11 is 0. The Balaban J connectivity index is 0.000000218. The van der Waals surface area contributed by atoms with E-state index in [4.69, 9.17) is 51.7 Å². The summed E-state index contributed by atoms with van der Waals surface area (Å²) in [5, 5.41) is 53.6. The summed E-state index contributed by atoms with van der Waals surface area (Å²) in [7, 11) is 0. The van der Waals surface area contributed by atoms with Crippen molar-refractivity contribution in [3.05, 3.63) is 142 Å². The molecule has 104 heavy (non-hydrogen) atoms. The monoisotopic (exact) mass is 1430 g/mol. The van der Waals surface area contributed by atoms with Gasteiger partial charge in [0.2, 0.25) is 35.3 Å². The Morgan fingerprint density at radius 2 is 0.750 bits per heavy atom. The molecule has 4 amide bonds. The van der Waals surface area contributed by atoms with Crippen LogP contribution < -0.4 is 38.5 Å². The van der Waals surface area contributed by atoms with Crippen molar-refractivity contribution in [2.45, 2.75) is 145 Å². The molecule has 4 aliphatic heterocycles. The number of nitrogens with two attached hydrogens (primary N) is 3. The van der Waals surface area contributed by atoms with Crippen molar-refractivity contribution in [3.63, 3.8) is 0 Å². The number of nitrogen functional groups attached to an aromatic ring is 1. The molecule has 8 unspecified atom stereocenters. The number of amidine groups is 3. The molecule has 32 heteroatoms.